The molecule has 1 aliphatic carbocycles. The molecule has 0 heterocycles. The average molecular weight is 171 g/mol. The molecule has 3 nitrogen and oxygen atoms in total. The van der Waals surface area contributed by atoms with Crippen molar-refractivity contribution in [2.75, 3.05) is 6.54 Å². The highest BCUT2D eigenvalue weighted by molar-refractivity contribution is 5.71. The molecule has 0 bridgehead atoms. The summed E-state index contributed by atoms with van der Waals surface area (Å²) in [5, 5.41) is 12.1. The fourth-order valence-electron chi connectivity index (χ4n) is 1.93. The van der Waals surface area contributed by atoms with Gasteiger partial charge in [0.15, 0.2) is 0 Å². The van der Waals surface area contributed by atoms with Gasteiger partial charge in [0.25, 0.3) is 0 Å². The highest BCUT2D eigenvalue weighted by Gasteiger charge is 2.29. The molecule has 1 saturated carbocycles. The highest BCUT2D eigenvalue weighted by Crippen LogP contribution is 2.24. The Balaban J connectivity index is 2.48. The minimum absolute atomic E-state index is 0.154. The smallest absolute Gasteiger partial charge is 0.308 e. The topological polar surface area (TPSA) is 49.3 Å². The molecule has 0 unspecified atom stereocenters. The zero-order valence-corrected chi connectivity index (χ0v) is 7.55. The quantitative estimate of drug-likeness (QED) is 0.671. The van der Waals surface area contributed by atoms with E-state index in [-0.39, 0.29) is 12.0 Å². The first-order chi connectivity index (χ1) is 5.75. The van der Waals surface area contributed by atoms with Gasteiger partial charge in [-0.15, -0.1) is 0 Å². The lowest BCUT2D eigenvalue weighted by Gasteiger charge is -2.28. The number of carboxylic acids is 1. The van der Waals surface area contributed by atoms with E-state index in [2.05, 4.69) is 5.32 Å². The number of rotatable bonds is 3. The normalized spacial score (nSPS) is 30.1. The first-order valence-corrected chi connectivity index (χ1v) is 4.72. The van der Waals surface area contributed by atoms with Crippen molar-refractivity contribution in [3.8, 4) is 0 Å². The Kier molecular flexibility index (Phi) is 3.53. The maximum atomic E-state index is 10.8. The van der Waals surface area contributed by atoms with Crippen molar-refractivity contribution < 1.29 is 9.90 Å². The molecule has 0 radical (unpaired) electrons. The van der Waals surface area contributed by atoms with Crippen LogP contribution in [-0.4, -0.2) is 23.7 Å². The molecule has 2 atom stereocenters. The maximum absolute atomic E-state index is 10.8. The van der Waals surface area contributed by atoms with E-state index >= 15 is 0 Å². The lowest BCUT2D eigenvalue weighted by Crippen LogP contribution is -2.42. The number of hydrogen-bond acceptors (Lipinski definition) is 2. The molecule has 0 aromatic carbocycles. The first-order valence-electron chi connectivity index (χ1n) is 4.72. The lowest BCUT2D eigenvalue weighted by atomic mass is 9.84. The third-order valence-electron chi connectivity index (χ3n) is 2.55. The van der Waals surface area contributed by atoms with Gasteiger partial charge in [0.1, 0.15) is 0 Å². The number of hydrogen-bond donors (Lipinski definition) is 2. The van der Waals surface area contributed by atoms with Crippen LogP contribution in [0.1, 0.15) is 32.6 Å². The Labute approximate surface area is 73.2 Å². The van der Waals surface area contributed by atoms with Crippen LogP contribution in [-0.2, 0) is 4.79 Å². The first kappa shape index (κ1) is 9.52. The second-order valence-corrected chi connectivity index (χ2v) is 3.39. The largest absolute Gasteiger partial charge is 0.481 e. The molecular formula is C9H17NO2. The molecule has 1 fully saturated rings. The van der Waals surface area contributed by atoms with Gasteiger partial charge in [-0.05, 0) is 19.4 Å². The molecule has 12 heavy (non-hydrogen) atoms. The third-order valence-corrected chi connectivity index (χ3v) is 2.55. The summed E-state index contributed by atoms with van der Waals surface area (Å²) in [6.07, 6.45) is 4.10. The van der Waals surface area contributed by atoms with Gasteiger partial charge in [-0.2, -0.15) is 0 Å². The van der Waals surface area contributed by atoms with Gasteiger partial charge in [-0.3, -0.25) is 4.79 Å². The zero-order valence-electron chi connectivity index (χ0n) is 7.55. The molecule has 2 N–H and O–H groups in total. The number of aliphatic carboxylic acids is 1. The fraction of sp³-hybridized carbons (Fsp3) is 0.889. The molecule has 1 rings (SSSR count). The van der Waals surface area contributed by atoms with Crippen LogP contribution < -0.4 is 5.32 Å². The Bertz CT molecular complexity index is 157. The molecule has 0 amide bonds. The zero-order chi connectivity index (χ0) is 8.97. The maximum Gasteiger partial charge on any atom is 0.308 e. The van der Waals surface area contributed by atoms with Gasteiger partial charge in [0.2, 0.25) is 0 Å². The van der Waals surface area contributed by atoms with Crippen LogP contribution in [0.15, 0.2) is 0 Å². The van der Waals surface area contributed by atoms with Crippen LogP contribution in [0.3, 0.4) is 0 Å². The predicted octanol–water partition coefficient (Wildman–Crippen LogP) is 1.24. The minimum atomic E-state index is -0.638. The fourth-order valence-corrected chi connectivity index (χ4v) is 1.93. The molecular weight excluding hydrogens is 154 g/mol. The summed E-state index contributed by atoms with van der Waals surface area (Å²) in [5.41, 5.74) is 0. The monoisotopic (exact) mass is 171 g/mol. The van der Waals surface area contributed by atoms with Gasteiger partial charge in [0, 0.05) is 6.04 Å². The second kappa shape index (κ2) is 4.45. The summed E-state index contributed by atoms with van der Waals surface area (Å²) >= 11 is 0. The lowest BCUT2D eigenvalue weighted by molar-refractivity contribution is -0.143. The Hall–Kier alpha value is -0.570. The van der Waals surface area contributed by atoms with Crippen LogP contribution in [0.4, 0.5) is 0 Å². The summed E-state index contributed by atoms with van der Waals surface area (Å²) in [6.45, 7) is 2.89. The van der Waals surface area contributed by atoms with E-state index in [0.717, 1.165) is 25.8 Å². The molecule has 70 valence electrons. The molecule has 0 aliphatic heterocycles. The van der Waals surface area contributed by atoms with Gasteiger partial charge in [-0.1, -0.05) is 19.8 Å². The summed E-state index contributed by atoms with van der Waals surface area (Å²) in [7, 11) is 0. The molecule has 0 aromatic heterocycles. The Morgan fingerprint density at radius 2 is 2.17 bits per heavy atom. The Morgan fingerprint density at radius 3 is 2.75 bits per heavy atom. The predicted molar refractivity (Wildman–Crippen MR) is 47.1 cm³/mol. The van der Waals surface area contributed by atoms with Crippen LogP contribution in [0.2, 0.25) is 0 Å². The summed E-state index contributed by atoms with van der Waals surface area (Å²) < 4.78 is 0. The number of carboxylic acid groups (broad SMARTS) is 1. The van der Waals surface area contributed by atoms with Crippen molar-refractivity contribution in [2.24, 2.45) is 5.92 Å². The Morgan fingerprint density at radius 1 is 1.50 bits per heavy atom. The van der Waals surface area contributed by atoms with Gasteiger partial charge in [-0.25, -0.2) is 0 Å². The van der Waals surface area contributed by atoms with E-state index in [1.54, 1.807) is 0 Å². The van der Waals surface area contributed by atoms with Gasteiger partial charge in [0.05, 0.1) is 5.92 Å². The van der Waals surface area contributed by atoms with E-state index in [0.29, 0.717) is 0 Å². The SMILES string of the molecule is CCN[C@H]1CCCC[C@H]1C(=O)O. The van der Waals surface area contributed by atoms with Crippen LogP contribution in [0.5, 0.6) is 0 Å². The van der Waals surface area contributed by atoms with E-state index < -0.39 is 5.97 Å². The summed E-state index contributed by atoms with van der Waals surface area (Å²) in [4.78, 5) is 10.8. The third kappa shape index (κ3) is 2.21. The van der Waals surface area contributed by atoms with Crippen molar-refractivity contribution in [3.05, 3.63) is 0 Å². The number of nitrogens with one attached hydrogen (secondary N) is 1. The van der Waals surface area contributed by atoms with Crippen molar-refractivity contribution in [2.45, 2.75) is 38.6 Å². The molecule has 3 heteroatoms. The minimum Gasteiger partial charge on any atom is -0.481 e. The van der Waals surface area contributed by atoms with E-state index in [9.17, 15) is 4.79 Å². The summed E-state index contributed by atoms with van der Waals surface area (Å²) in [6, 6.07) is 0.209. The highest BCUT2D eigenvalue weighted by atomic mass is 16.4. The van der Waals surface area contributed by atoms with E-state index in [4.69, 9.17) is 5.11 Å². The van der Waals surface area contributed by atoms with E-state index in [1.807, 2.05) is 6.92 Å². The van der Waals surface area contributed by atoms with Crippen molar-refractivity contribution in [1.29, 1.82) is 0 Å². The van der Waals surface area contributed by atoms with Crippen LogP contribution in [0, 0.1) is 5.92 Å². The molecule has 1 aliphatic rings. The van der Waals surface area contributed by atoms with Crippen molar-refractivity contribution >= 4 is 5.97 Å². The van der Waals surface area contributed by atoms with Gasteiger partial charge < -0.3 is 10.4 Å². The average Bonchev–Trinajstić information content (AvgIpc) is 2.05. The van der Waals surface area contributed by atoms with E-state index in [1.165, 1.54) is 6.42 Å². The summed E-state index contributed by atoms with van der Waals surface area (Å²) in [5.74, 6) is -0.792. The second-order valence-electron chi connectivity index (χ2n) is 3.39. The molecule has 0 saturated heterocycles. The molecule has 0 spiro atoms. The number of carbonyl (C=O) groups is 1. The van der Waals surface area contributed by atoms with Crippen LogP contribution in [0.25, 0.3) is 0 Å². The molecule has 0 aromatic rings. The standard InChI is InChI=1S/C9H17NO2/c1-2-10-8-6-4-3-5-7(8)9(11)12/h7-8,10H,2-6H2,1H3,(H,11,12)/t7-,8+/m1/s1. The van der Waals surface area contributed by atoms with Gasteiger partial charge >= 0.3 is 5.97 Å². The van der Waals surface area contributed by atoms with Crippen molar-refractivity contribution in [3.63, 3.8) is 0 Å². The van der Waals surface area contributed by atoms with Crippen LogP contribution >= 0.6 is 0 Å². The van der Waals surface area contributed by atoms with Crippen molar-refractivity contribution in [1.82, 2.24) is 5.32 Å².